The number of para-hydroxylation sites is 1. The Labute approximate surface area is 332 Å². The molecule has 0 fully saturated rings. The Kier molecular flexibility index (Phi) is 6.44. The quantitative estimate of drug-likeness (QED) is 0.155. The number of anilines is 2. The predicted octanol–water partition coefficient (Wildman–Crippen LogP) is 12.8. The molecule has 0 N–H and O–H groups in total. The lowest BCUT2D eigenvalue weighted by molar-refractivity contribution is 0.332. The van der Waals surface area contributed by atoms with E-state index in [1.165, 1.54) is 126 Å². The highest BCUT2D eigenvalue weighted by molar-refractivity contribution is 8.05. The second kappa shape index (κ2) is 10.9. The number of hydrogen-bond acceptors (Lipinski definition) is 3. The van der Waals surface area contributed by atoms with Gasteiger partial charge >= 0.3 is 6.85 Å². The van der Waals surface area contributed by atoms with Gasteiger partial charge in [0.05, 0.1) is 11.0 Å². The summed E-state index contributed by atoms with van der Waals surface area (Å²) in [4.78, 5) is 8.14. The Bertz CT molecular complexity index is 3040. The number of fused-ring (bicyclic) bond motifs is 11. The van der Waals surface area contributed by atoms with Gasteiger partial charge in [0.15, 0.2) is 0 Å². The Balaban J connectivity index is 1.22. The molecule has 55 heavy (non-hydrogen) atoms. The van der Waals surface area contributed by atoms with Gasteiger partial charge in [0.1, 0.15) is 0 Å². The van der Waals surface area contributed by atoms with Crippen LogP contribution in [0.15, 0.2) is 135 Å². The van der Waals surface area contributed by atoms with Gasteiger partial charge in [0, 0.05) is 53.0 Å². The van der Waals surface area contributed by atoms with Crippen LogP contribution in [0.25, 0.3) is 49.4 Å². The van der Waals surface area contributed by atoms with E-state index in [-0.39, 0.29) is 17.7 Å². The zero-order valence-electron chi connectivity index (χ0n) is 32.2. The average Bonchev–Trinajstić information content (AvgIpc) is 3.50. The molecular formula is C50H41BN2S2. The molecule has 4 aliphatic rings. The molecular weight excluding hydrogens is 704 g/mol. The maximum Gasteiger partial charge on any atom is 0.333 e. The van der Waals surface area contributed by atoms with E-state index in [4.69, 9.17) is 0 Å². The van der Waals surface area contributed by atoms with Crippen molar-refractivity contribution in [3.8, 4) is 16.8 Å². The predicted molar refractivity (Wildman–Crippen MR) is 237 cm³/mol. The van der Waals surface area contributed by atoms with Crippen molar-refractivity contribution < 1.29 is 0 Å². The third-order valence-corrected chi connectivity index (χ3v) is 15.9. The van der Waals surface area contributed by atoms with E-state index >= 15 is 0 Å². The highest BCUT2D eigenvalue weighted by atomic mass is 32.2. The second-order valence-electron chi connectivity index (χ2n) is 17.7. The zero-order chi connectivity index (χ0) is 37.1. The molecule has 2 nitrogen and oxygen atoms in total. The van der Waals surface area contributed by atoms with Crippen molar-refractivity contribution in [1.82, 2.24) is 4.57 Å². The third-order valence-electron chi connectivity index (χ3n) is 13.4. The third kappa shape index (κ3) is 4.37. The summed E-state index contributed by atoms with van der Waals surface area (Å²) in [6.07, 6.45) is 2.40. The van der Waals surface area contributed by atoms with E-state index in [1.807, 2.05) is 23.5 Å². The minimum Gasteiger partial charge on any atom is -0.376 e. The molecule has 0 atom stereocenters. The van der Waals surface area contributed by atoms with Gasteiger partial charge in [0.2, 0.25) is 0 Å². The van der Waals surface area contributed by atoms with Gasteiger partial charge in [-0.15, -0.1) is 0 Å². The standard InChI is InChI=1S/C50H41BN2S2/c1-28-20-35-34-25-45-46(55-44-17-10-9-16-43(44)54-45)27-41(34)53(39-26-37-36(22-29(39)2)49(3,4)18-19-50(37,5)6)51-38-15-11-14-32-33-23-30-12-7-8-13-31(30)24-40(33)52(48(32)38)42(21-28)47(35)51/h7-17,20-27H,18-19H2,1-6H3. The average molecular weight is 745 g/mol. The van der Waals surface area contributed by atoms with Crippen molar-refractivity contribution in [2.75, 3.05) is 4.81 Å². The highest BCUT2D eigenvalue weighted by Gasteiger charge is 2.46. The lowest BCUT2D eigenvalue weighted by atomic mass is 9.43. The SMILES string of the molecule is Cc1cc2c3c(c1)-n1c4cc5ccccc5cc4c4cccc(c41)B3N(c1cc3c(cc1C)C(C)(C)CCC3(C)C)c1cc3c(cc1-2)Sc1ccccc1S3. The van der Waals surface area contributed by atoms with Crippen LogP contribution in [0.5, 0.6) is 0 Å². The van der Waals surface area contributed by atoms with Gasteiger partial charge < -0.3 is 9.38 Å². The van der Waals surface area contributed by atoms with E-state index < -0.39 is 0 Å². The van der Waals surface area contributed by atoms with Gasteiger partial charge in [-0.1, -0.05) is 118 Å². The number of aryl methyl sites for hydroxylation is 2. The summed E-state index contributed by atoms with van der Waals surface area (Å²) < 4.78 is 2.61. The molecule has 0 amide bonds. The highest BCUT2D eigenvalue weighted by Crippen LogP contribution is 2.55. The number of benzene rings is 7. The molecule has 5 heteroatoms. The Morgan fingerprint density at radius 2 is 1.24 bits per heavy atom. The van der Waals surface area contributed by atoms with Crippen molar-refractivity contribution in [3.63, 3.8) is 0 Å². The molecule has 7 aromatic carbocycles. The van der Waals surface area contributed by atoms with Crippen LogP contribution in [0.2, 0.25) is 0 Å². The summed E-state index contributed by atoms with van der Waals surface area (Å²) in [5, 5.41) is 5.22. The van der Waals surface area contributed by atoms with Gasteiger partial charge in [-0.2, -0.15) is 0 Å². The second-order valence-corrected chi connectivity index (χ2v) is 19.9. The normalized spacial score (nSPS) is 16.8. The lowest BCUT2D eigenvalue weighted by Gasteiger charge is -2.46. The Morgan fingerprint density at radius 1 is 0.564 bits per heavy atom. The van der Waals surface area contributed by atoms with Crippen molar-refractivity contribution >= 4 is 85.3 Å². The molecule has 1 aromatic heterocycles. The first-order valence-corrected chi connectivity index (χ1v) is 21.4. The summed E-state index contributed by atoms with van der Waals surface area (Å²) in [5.41, 5.74) is 18.0. The van der Waals surface area contributed by atoms with Crippen LogP contribution in [0.4, 0.5) is 11.4 Å². The van der Waals surface area contributed by atoms with Crippen LogP contribution in [-0.2, 0) is 10.8 Å². The number of aromatic nitrogens is 1. The first-order chi connectivity index (χ1) is 26.6. The fourth-order valence-corrected chi connectivity index (χ4v) is 12.8. The number of hydrogen-bond donors (Lipinski definition) is 0. The molecule has 0 unspecified atom stereocenters. The van der Waals surface area contributed by atoms with Crippen molar-refractivity contribution in [1.29, 1.82) is 0 Å². The molecule has 1 aliphatic carbocycles. The summed E-state index contributed by atoms with van der Waals surface area (Å²) in [5.74, 6) is 0. The van der Waals surface area contributed by atoms with E-state index in [0.717, 1.165) is 0 Å². The molecule has 0 saturated carbocycles. The van der Waals surface area contributed by atoms with Crippen molar-refractivity contribution in [2.24, 2.45) is 0 Å². The summed E-state index contributed by atoms with van der Waals surface area (Å²) in [6.45, 7) is 14.5. The minimum atomic E-state index is 0.0103. The number of rotatable bonds is 1. The molecule has 8 aromatic rings. The molecule has 4 heterocycles. The van der Waals surface area contributed by atoms with Crippen LogP contribution in [0.1, 0.15) is 62.8 Å². The number of nitrogens with zero attached hydrogens (tertiary/aromatic N) is 2. The first-order valence-electron chi connectivity index (χ1n) is 19.7. The van der Waals surface area contributed by atoms with Gasteiger partial charge in [0.25, 0.3) is 0 Å². The van der Waals surface area contributed by atoms with E-state index in [1.54, 1.807) is 0 Å². The molecule has 12 rings (SSSR count). The molecule has 0 saturated heterocycles. The fourth-order valence-electron chi connectivity index (χ4n) is 10.5. The molecule has 0 spiro atoms. The van der Waals surface area contributed by atoms with Gasteiger partial charge in [-0.25, -0.2) is 0 Å². The maximum atomic E-state index is 2.77. The topological polar surface area (TPSA) is 8.17 Å². The van der Waals surface area contributed by atoms with Crippen molar-refractivity contribution in [2.45, 2.75) is 84.8 Å². The summed E-state index contributed by atoms with van der Waals surface area (Å²) in [7, 11) is 0. The summed E-state index contributed by atoms with van der Waals surface area (Å²) in [6, 6.07) is 44.8. The van der Waals surface area contributed by atoms with Crippen LogP contribution < -0.4 is 15.7 Å². The molecule has 3 aliphatic heterocycles. The monoisotopic (exact) mass is 744 g/mol. The summed E-state index contributed by atoms with van der Waals surface area (Å²) >= 11 is 3.85. The van der Waals surface area contributed by atoms with Crippen molar-refractivity contribution in [3.05, 3.63) is 138 Å². The smallest absolute Gasteiger partial charge is 0.333 e. The van der Waals surface area contributed by atoms with Gasteiger partial charge in [-0.05, 0) is 136 Å². The lowest BCUT2D eigenvalue weighted by Crippen LogP contribution is -2.60. The van der Waals surface area contributed by atoms with E-state index in [9.17, 15) is 0 Å². The van der Waals surface area contributed by atoms with Crippen LogP contribution >= 0.6 is 23.5 Å². The van der Waals surface area contributed by atoms with Crippen LogP contribution in [0, 0.1) is 13.8 Å². The van der Waals surface area contributed by atoms with E-state index in [2.05, 4.69) is 166 Å². The van der Waals surface area contributed by atoms with Gasteiger partial charge in [-0.3, -0.25) is 0 Å². The van der Waals surface area contributed by atoms with Crippen LogP contribution in [0.3, 0.4) is 0 Å². The molecule has 0 bridgehead atoms. The largest absolute Gasteiger partial charge is 0.376 e. The zero-order valence-corrected chi connectivity index (χ0v) is 33.8. The Hall–Kier alpha value is -4.84. The minimum absolute atomic E-state index is 0.0103. The first kappa shape index (κ1) is 32.4. The molecule has 0 radical (unpaired) electrons. The maximum absolute atomic E-state index is 2.77. The van der Waals surface area contributed by atoms with Crippen LogP contribution in [-0.4, -0.2) is 11.4 Å². The Morgan fingerprint density at radius 3 is 1.98 bits per heavy atom. The molecule has 266 valence electrons. The fraction of sp³-hybridized carbons (Fsp3) is 0.200. The van der Waals surface area contributed by atoms with E-state index in [0.29, 0.717) is 0 Å².